The van der Waals surface area contributed by atoms with Gasteiger partial charge in [0.15, 0.2) is 0 Å². The predicted molar refractivity (Wildman–Crippen MR) is 76.6 cm³/mol. The fourth-order valence-corrected chi connectivity index (χ4v) is 2.50. The van der Waals surface area contributed by atoms with Gasteiger partial charge in [-0.05, 0) is 25.8 Å². The number of likely N-dealkylation sites (tertiary alicyclic amines) is 1. The van der Waals surface area contributed by atoms with E-state index in [1.165, 1.54) is 12.4 Å². The van der Waals surface area contributed by atoms with Gasteiger partial charge in [0.05, 0.1) is 10.6 Å². The zero-order valence-corrected chi connectivity index (χ0v) is 12.2. The highest BCUT2D eigenvalue weighted by atomic mass is 35.5. The van der Waals surface area contributed by atoms with Crippen LogP contribution in [0.4, 0.5) is 0 Å². The van der Waals surface area contributed by atoms with Crippen LogP contribution in [0, 0.1) is 0 Å². The number of carbonyl (C=O) groups is 2. The summed E-state index contributed by atoms with van der Waals surface area (Å²) in [6.07, 6.45) is 5.56. The molecule has 2 amide bonds. The maximum Gasteiger partial charge on any atom is 0.252 e. The number of aromatic nitrogens is 1. The van der Waals surface area contributed by atoms with Crippen molar-refractivity contribution in [3.63, 3.8) is 0 Å². The number of hydrogen-bond acceptors (Lipinski definition) is 3. The molecule has 0 radical (unpaired) electrons. The molecule has 2 heterocycles. The fraction of sp³-hybridized carbons (Fsp3) is 0.500. The molecule has 1 atom stereocenters. The van der Waals surface area contributed by atoms with E-state index >= 15 is 0 Å². The topological polar surface area (TPSA) is 62.3 Å². The van der Waals surface area contributed by atoms with Gasteiger partial charge in [-0.25, -0.2) is 0 Å². The number of halogens is 1. The van der Waals surface area contributed by atoms with Gasteiger partial charge in [-0.1, -0.05) is 11.6 Å². The highest BCUT2D eigenvalue weighted by molar-refractivity contribution is 6.33. The number of piperidine rings is 1. The molecule has 20 heavy (non-hydrogen) atoms. The summed E-state index contributed by atoms with van der Waals surface area (Å²) >= 11 is 5.92. The maximum atomic E-state index is 12.0. The molecule has 0 aromatic carbocycles. The summed E-state index contributed by atoms with van der Waals surface area (Å²) in [7, 11) is 0. The van der Waals surface area contributed by atoms with Crippen LogP contribution >= 0.6 is 11.6 Å². The molecule has 0 bridgehead atoms. The number of hydrogen-bond donors (Lipinski definition) is 1. The average Bonchev–Trinajstić information content (AvgIpc) is 2.45. The van der Waals surface area contributed by atoms with E-state index in [9.17, 15) is 9.59 Å². The Morgan fingerprint density at radius 3 is 3.05 bits per heavy atom. The summed E-state index contributed by atoms with van der Waals surface area (Å²) < 4.78 is 0. The minimum atomic E-state index is -0.242. The third-order valence-corrected chi connectivity index (χ3v) is 3.77. The second-order valence-corrected chi connectivity index (χ2v) is 5.37. The van der Waals surface area contributed by atoms with Crippen LogP contribution in [-0.4, -0.2) is 40.8 Å². The number of carbonyl (C=O) groups excluding carboxylic acids is 2. The molecule has 1 aromatic heterocycles. The molecule has 1 unspecified atom stereocenters. The van der Waals surface area contributed by atoms with Crippen LogP contribution in [0.1, 0.15) is 36.5 Å². The molecule has 0 aliphatic carbocycles. The van der Waals surface area contributed by atoms with Crippen molar-refractivity contribution >= 4 is 23.4 Å². The second kappa shape index (κ2) is 6.70. The first-order valence-electron chi connectivity index (χ1n) is 6.77. The minimum absolute atomic E-state index is 0.00707. The van der Waals surface area contributed by atoms with Gasteiger partial charge in [-0.2, -0.15) is 0 Å². The molecule has 6 heteroatoms. The zero-order chi connectivity index (χ0) is 14.5. The third-order valence-electron chi connectivity index (χ3n) is 3.47. The molecular formula is C14H18ClN3O2. The Kier molecular flexibility index (Phi) is 4.95. The molecule has 5 nitrogen and oxygen atoms in total. The predicted octanol–water partition coefficient (Wildman–Crippen LogP) is 1.87. The molecule has 1 fully saturated rings. The summed E-state index contributed by atoms with van der Waals surface area (Å²) in [5, 5.41) is 3.14. The van der Waals surface area contributed by atoms with E-state index in [1.54, 1.807) is 6.07 Å². The van der Waals surface area contributed by atoms with E-state index in [2.05, 4.69) is 10.3 Å². The number of pyridine rings is 1. The van der Waals surface area contributed by atoms with Crippen molar-refractivity contribution in [2.45, 2.75) is 32.2 Å². The SMILES string of the molecule is CC(CNC(=O)c1ccncc1Cl)N1CCCCC1=O. The van der Waals surface area contributed by atoms with Crippen LogP contribution in [0.5, 0.6) is 0 Å². The smallest absolute Gasteiger partial charge is 0.252 e. The van der Waals surface area contributed by atoms with Crippen molar-refractivity contribution in [3.8, 4) is 0 Å². The van der Waals surface area contributed by atoms with E-state index in [4.69, 9.17) is 11.6 Å². The zero-order valence-electron chi connectivity index (χ0n) is 11.4. The standard InChI is InChI=1S/C14H18ClN3O2/c1-10(18-7-3-2-4-13(18)19)8-17-14(20)11-5-6-16-9-12(11)15/h5-6,9-10H,2-4,7-8H2,1H3,(H,17,20). The van der Waals surface area contributed by atoms with Crippen molar-refractivity contribution < 1.29 is 9.59 Å². The summed E-state index contributed by atoms with van der Waals surface area (Å²) in [5.41, 5.74) is 0.402. The van der Waals surface area contributed by atoms with E-state index in [1.807, 2.05) is 11.8 Å². The molecule has 1 N–H and O–H groups in total. The van der Waals surface area contributed by atoms with Gasteiger partial charge in [0.2, 0.25) is 5.91 Å². The number of nitrogens with zero attached hydrogens (tertiary/aromatic N) is 2. The monoisotopic (exact) mass is 295 g/mol. The third kappa shape index (κ3) is 3.48. The highest BCUT2D eigenvalue weighted by Crippen LogP contribution is 2.15. The minimum Gasteiger partial charge on any atom is -0.350 e. The number of rotatable bonds is 4. The van der Waals surface area contributed by atoms with Crippen molar-refractivity contribution in [2.24, 2.45) is 0 Å². The molecule has 108 valence electrons. The molecule has 1 aliphatic heterocycles. The first-order chi connectivity index (χ1) is 9.59. The lowest BCUT2D eigenvalue weighted by Crippen LogP contribution is -2.47. The normalized spacial score (nSPS) is 16.9. The van der Waals surface area contributed by atoms with Crippen LogP contribution < -0.4 is 5.32 Å². The first-order valence-corrected chi connectivity index (χ1v) is 7.14. The maximum absolute atomic E-state index is 12.0. The lowest BCUT2D eigenvalue weighted by molar-refractivity contribution is -0.135. The summed E-state index contributed by atoms with van der Waals surface area (Å²) in [4.78, 5) is 29.5. The second-order valence-electron chi connectivity index (χ2n) is 4.96. The lowest BCUT2D eigenvalue weighted by atomic mass is 10.1. The molecule has 2 rings (SSSR count). The largest absolute Gasteiger partial charge is 0.350 e. The van der Waals surface area contributed by atoms with E-state index in [0.29, 0.717) is 23.6 Å². The molecule has 1 saturated heterocycles. The molecule has 0 spiro atoms. The van der Waals surface area contributed by atoms with Gasteiger partial charge in [0.25, 0.3) is 5.91 Å². The molecule has 1 aromatic rings. The Labute approximate surface area is 123 Å². The summed E-state index contributed by atoms with van der Waals surface area (Å²) in [6, 6.07) is 1.57. The highest BCUT2D eigenvalue weighted by Gasteiger charge is 2.23. The quantitative estimate of drug-likeness (QED) is 0.922. The molecule has 0 saturated carbocycles. The van der Waals surface area contributed by atoms with Crippen LogP contribution in [0.15, 0.2) is 18.5 Å². The summed E-state index contributed by atoms with van der Waals surface area (Å²) in [5.74, 6) is -0.0753. The van der Waals surface area contributed by atoms with Gasteiger partial charge >= 0.3 is 0 Å². The van der Waals surface area contributed by atoms with E-state index in [0.717, 1.165) is 19.4 Å². The van der Waals surface area contributed by atoms with Gasteiger partial charge < -0.3 is 10.2 Å². The number of nitrogens with one attached hydrogen (secondary N) is 1. The first kappa shape index (κ1) is 14.8. The fourth-order valence-electron chi connectivity index (χ4n) is 2.30. The van der Waals surface area contributed by atoms with E-state index < -0.39 is 0 Å². The van der Waals surface area contributed by atoms with Crippen molar-refractivity contribution in [1.82, 2.24) is 15.2 Å². The Hall–Kier alpha value is -1.62. The van der Waals surface area contributed by atoms with Gasteiger partial charge in [-0.15, -0.1) is 0 Å². The van der Waals surface area contributed by atoms with Crippen LogP contribution in [-0.2, 0) is 4.79 Å². The average molecular weight is 296 g/mol. The van der Waals surface area contributed by atoms with Gasteiger partial charge in [-0.3, -0.25) is 14.6 Å². The Bertz CT molecular complexity index is 507. The molecular weight excluding hydrogens is 278 g/mol. The van der Waals surface area contributed by atoms with Crippen LogP contribution in [0.3, 0.4) is 0 Å². The Morgan fingerprint density at radius 2 is 2.35 bits per heavy atom. The Balaban J connectivity index is 1.90. The van der Waals surface area contributed by atoms with Crippen LogP contribution in [0.2, 0.25) is 5.02 Å². The van der Waals surface area contributed by atoms with Gasteiger partial charge in [0, 0.05) is 37.9 Å². The van der Waals surface area contributed by atoms with Gasteiger partial charge in [0.1, 0.15) is 0 Å². The summed E-state index contributed by atoms with van der Waals surface area (Å²) in [6.45, 7) is 3.13. The van der Waals surface area contributed by atoms with E-state index in [-0.39, 0.29) is 17.9 Å². The number of amides is 2. The van der Waals surface area contributed by atoms with Crippen molar-refractivity contribution in [1.29, 1.82) is 0 Å². The van der Waals surface area contributed by atoms with Crippen molar-refractivity contribution in [2.75, 3.05) is 13.1 Å². The lowest BCUT2D eigenvalue weighted by Gasteiger charge is -2.32. The van der Waals surface area contributed by atoms with Crippen LogP contribution in [0.25, 0.3) is 0 Å². The molecule has 1 aliphatic rings. The Morgan fingerprint density at radius 1 is 1.55 bits per heavy atom. The van der Waals surface area contributed by atoms with Crippen molar-refractivity contribution in [3.05, 3.63) is 29.0 Å².